The highest BCUT2D eigenvalue weighted by molar-refractivity contribution is 5.97. The van der Waals surface area contributed by atoms with Gasteiger partial charge in [-0.1, -0.05) is 12.1 Å². The molecule has 7 heteroatoms. The third-order valence-corrected chi connectivity index (χ3v) is 4.12. The van der Waals surface area contributed by atoms with Gasteiger partial charge in [-0.05, 0) is 31.2 Å². The van der Waals surface area contributed by atoms with Crippen LogP contribution in [0.25, 0.3) is 22.2 Å². The molecule has 1 heterocycles. The lowest BCUT2D eigenvalue weighted by Gasteiger charge is -2.09. The molecule has 0 atom stereocenters. The summed E-state index contributed by atoms with van der Waals surface area (Å²) in [4.78, 5) is 25.3. The molecule has 1 N–H and O–H groups in total. The summed E-state index contributed by atoms with van der Waals surface area (Å²) < 4.78 is 11.1. The molecule has 0 fully saturated rings. The molecule has 0 unspecified atom stereocenters. The van der Waals surface area contributed by atoms with Gasteiger partial charge in [-0.3, -0.25) is 10.1 Å². The summed E-state index contributed by atoms with van der Waals surface area (Å²) in [7, 11) is 1.57. The van der Waals surface area contributed by atoms with Crippen LogP contribution in [-0.4, -0.2) is 29.9 Å². The number of methoxy groups -OCH3 is 1. The first-order chi connectivity index (χ1) is 12.6. The van der Waals surface area contributed by atoms with E-state index in [1.54, 1.807) is 31.4 Å². The van der Waals surface area contributed by atoms with E-state index in [4.69, 9.17) is 9.47 Å². The van der Waals surface area contributed by atoms with Crippen LogP contribution in [0, 0.1) is 10.1 Å². The molecule has 3 aromatic rings. The van der Waals surface area contributed by atoms with Gasteiger partial charge in [-0.15, -0.1) is 0 Å². The number of ether oxygens (including phenoxy) is 2. The summed E-state index contributed by atoms with van der Waals surface area (Å²) in [5.74, 6) is 1.18. The molecular weight excluding hydrogens is 336 g/mol. The van der Waals surface area contributed by atoms with Gasteiger partial charge in [0.05, 0.1) is 29.9 Å². The Bertz CT molecular complexity index is 977. The zero-order valence-corrected chi connectivity index (χ0v) is 14.4. The summed E-state index contributed by atoms with van der Waals surface area (Å²) in [6, 6.07) is 10.4. The van der Waals surface area contributed by atoms with Crippen LogP contribution in [0.2, 0.25) is 0 Å². The summed E-state index contributed by atoms with van der Waals surface area (Å²) in [6.07, 6.45) is 0.633. The second-order valence-electron chi connectivity index (χ2n) is 5.61. The van der Waals surface area contributed by atoms with Crippen LogP contribution in [0.5, 0.6) is 11.5 Å². The van der Waals surface area contributed by atoms with Gasteiger partial charge >= 0.3 is 0 Å². The van der Waals surface area contributed by atoms with E-state index >= 15 is 0 Å². The lowest BCUT2D eigenvalue weighted by molar-refractivity contribution is -0.384. The Labute approximate surface area is 149 Å². The van der Waals surface area contributed by atoms with Crippen LogP contribution in [0.15, 0.2) is 36.4 Å². The van der Waals surface area contributed by atoms with Gasteiger partial charge in [0.15, 0.2) is 5.75 Å². The number of nitrogens with zero attached hydrogens (tertiary/aromatic N) is 1. The average Bonchev–Trinajstić information content (AvgIpc) is 2.99. The number of aromatic amines is 1. The minimum Gasteiger partial charge on any atom is -0.497 e. The number of benzene rings is 2. The monoisotopic (exact) mass is 354 g/mol. The number of hydrogen-bond acceptors (Lipinski definition) is 5. The van der Waals surface area contributed by atoms with Crippen LogP contribution in [0.4, 0.5) is 5.69 Å². The minimum absolute atomic E-state index is 0.0256. The Balaban J connectivity index is 2.31. The Morgan fingerprint density at radius 3 is 2.73 bits per heavy atom. The molecule has 26 heavy (non-hydrogen) atoms. The molecule has 2 aromatic carbocycles. The predicted octanol–water partition coefficient (Wildman–Crippen LogP) is 3.89. The fourth-order valence-corrected chi connectivity index (χ4v) is 3.02. The number of para-hydroxylation sites is 1. The summed E-state index contributed by atoms with van der Waals surface area (Å²) in [5, 5.41) is 12.5. The first-order valence-electron chi connectivity index (χ1n) is 8.13. The van der Waals surface area contributed by atoms with Gasteiger partial charge in [0.2, 0.25) is 0 Å². The maximum Gasteiger partial charge on any atom is 0.282 e. The van der Waals surface area contributed by atoms with Crippen molar-refractivity contribution in [3.63, 3.8) is 0 Å². The van der Waals surface area contributed by atoms with Crippen molar-refractivity contribution in [3.8, 4) is 22.8 Å². The van der Waals surface area contributed by atoms with E-state index in [0.717, 1.165) is 10.9 Å². The molecule has 134 valence electrons. The maximum atomic E-state index is 11.7. The molecule has 0 bridgehead atoms. The van der Waals surface area contributed by atoms with E-state index in [9.17, 15) is 14.9 Å². The number of aldehydes is 1. The molecule has 7 nitrogen and oxygen atoms in total. The molecule has 0 radical (unpaired) electrons. The Morgan fingerprint density at radius 2 is 2.08 bits per heavy atom. The van der Waals surface area contributed by atoms with Crippen molar-refractivity contribution in [1.82, 2.24) is 4.98 Å². The maximum absolute atomic E-state index is 11.7. The third-order valence-electron chi connectivity index (χ3n) is 4.12. The van der Waals surface area contributed by atoms with Crippen LogP contribution in [0.3, 0.4) is 0 Å². The molecular formula is C19H18N2O5. The standard InChI is InChI=1S/C19H18N2O5/c1-3-26-19-15-11-13(25-2)7-8-16(15)20-17(19)14-6-4-5-12(9-10-22)18(14)21(23)24/h4-8,10-11,20H,3,9H2,1-2H3. The number of nitrogens with one attached hydrogen (secondary N) is 1. The number of hydrogen-bond donors (Lipinski definition) is 1. The molecule has 0 amide bonds. The molecule has 1 aromatic heterocycles. The molecule has 3 rings (SSSR count). The number of nitro groups is 1. The number of fused-ring (bicyclic) bond motifs is 1. The number of nitro benzene ring substituents is 1. The average molecular weight is 354 g/mol. The largest absolute Gasteiger partial charge is 0.497 e. The van der Waals surface area contributed by atoms with Crippen molar-refractivity contribution in [2.75, 3.05) is 13.7 Å². The van der Waals surface area contributed by atoms with Crippen molar-refractivity contribution < 1.29 is 19.2 Å². The summed E-state index contributed by atoms with van der Waals surface area (Å²) >= 11 is 0. The summed E-state index contributed by atoms with van der Waals surface area (Å²) in [6.45, 7) is 2.25. The quantitative estimate of drug-likeness (QED) is 0.394. The SMILES string of the molecule is CCOc1c(-c2cccc(CC=O)c2[N+](=O)[O-])[nH]c2ccc(OC)cc12. The normalized spacial score (nSPS) is 10.7. The number of carbonyl (C=O) groups excluding carboxylic acids is 1. The fourth-order valence-electron chi connectivity index (χ4n) is 3.02. The molecule has 0 spiro atoms. The first kappa shape index (κ1) is 17.5. The molecule has 0 aliphatic carbocycles. The van der Waals surface area contributed by atoms with Gasteiger partial charge in [-0.2, -0.15) is 0 Å². The Hall–Kier alpha value is -3.35. The first-order valence-corrected chi connectivity index (χ1v) is 8.13. The molecule has 0 saturated heterocycles. The smallest absolute Gasteiger partial charge is 0.282 e. The van der Waals surface area contributed by atoms with E-state index < -0.39 is 4.92 Å². The number of rotatable bonds is 7. The van der Waals surface area contributed by atoms with Crippen molar-refractivity contribution in [1.29, 1.82) is 0 Å². The Morgan fingerprint density at radius 1 is 1.27 bits per heavy atom. The van der Waals surface area contributed by atoms with Crippen LogP contribution < -0.4 is 9.47 Å². The Kier molecular flexibility index (Phi) is 4.88. The second kappa shape index (κ2) is 7.26. The minimum atomic E-state index is -0.462. The van der Waals surface area contributed by atoms with Gasteiger partial charge in [0.25, 0.3) is 5.69 Å². The number of aromatic nitrogens is 1. The second-order valence-corrected chi connectivity index (χ2v) is 5.61. The zero-order valence-electron chi connectivity index (χ0n) is 14.4. The van der Waals surface area contributed by atoms with E-state index in [-0.39, 0.29) is 12.1 Å². The number of carbonyl (C=O) groups is 1. The number of H-pyrrole nitrogens is 1. The molecule has 0 aliphatic heterocycles. The van der Waals surface area contributed by atoms with Crippen LogP contribution >= 0.6 is 0 Å². The van der Waals surface area contributed by atoms with E-state index in [2.05, 4.69) is 4.98 Å². The van der Waals surface area contributed by atoms with Gasteiger partial charge in [-0.25, -0.2) is 0 Å². The molecule has 0 aliphatic rings. The van der Waals surface area contributed by atoms with E-state index in [1.807, 2.05) is 19.1 Å². The van der Waals surface area contributed by atoms with Crippen molar-refractivity contribution in [2.45, 2.75) is 13.3 Å². The van der Waals surface area contributed by atoms with E-state index in [0.29, 0.717) is 41.2 Å². The van der Waals surface area contributed by atoms with Gasteiger partial charge in [0, 0.05) is 22.9 Å². The highest BCUT2D eigenvalue weighted by Gasteiger charge is 2.25. The van der Waals surface area contributed by atoms with Gasteiger partial charge < -0.3 is 19.3 Å². The predicted molar refractivity (Wildman–Crippen MR) is 97.9 cm³/mol. The highest BCUT2D eigenvalue weighted by Crippen LogP contribution is 2.42. The van der Waals surface area contributed by atoms with Crippen LogP contribution in [-0.2, 0) is 11.2 Å². The van der Waals surface area contributed by atoms with Crippen LogP contribution in [0.1, 0.15) is 12.5 Å². The van der Waals surface area contributed by atoms with Crippen molar-refractivity contribution in [3.05, 3.63) is 52.1 Å². The topological polar surface area (TPSA) is 94.5 Å². The highest BCUT2D eigenvalue weighted by atomic mass is 16.6. The van der Waals surface area contributed by atoms with E-state index in [1.165, 1.54) is 0 Å². The fraction of sp³-hybridized carbons (Fsp3) is 0.211. The lowest BCUT2D eigenvalue weighted by Crippen LogP contribution is -2.00. The lowest BCUT2D eigenvalue weighted by atomic mass is 10.0. The zero-order chi connectivity index (χ0) is 18.7. The van der Waals surface area contributed by atoms with Crippen molar-refractivity contribution >= 4 is 22.9 Å². The van der Waals surface area contributed by atoms with Gasteiger partial charge in [0.1, 0.15) is 12.0 Å². The molecule has 0 saturated carbocycles. The van der Waals surface area contributed by atoms with Crippen molar-refractivity contribution in [2.24, 2.45) is 0 Å². The third kappa shape index (κ3) is 2.99. The summed E-state index contributed by atoms with van der Waals surface area (Å²) in [5.41, 5.74) is 1.93.